The molecule has 2 rings (SSSR count). The van der Waals surface area contributed by atoms with E-state index < -0.39 is 6.08 Å². The van der Waals surface area contributed by atoms with Crippen LogP contribution in [0.4, 0.5) is 8.78 Å². The van der Waals surface area contributed by atoms with Gasteiger partial charge in [-0.3, -0.25) is 9.97 Å². The summed E-state index contributed by atoms with van der Waals surface area (Å²) in [6.07, 6.45) is 5.90. The molecular formula is C12H10F2N4S. The fourth-order valence-corrected chi connectivity index (χ4v) is 2.02. The highest BCUT2D eigenvalue weighted by Gasteiger charge is 2.03. The molecule has 0 atom stereocenters. The van der Waals surface area contributed by atoms with Crippen molar-refractivity contribution in [3.8, 4) is 11.4 Å². The van der Waals surface area contributed by atoms with E-state index in [2.05, 4.69) is 19.9 Å². The molecule has 0 radical (unpaired) electrons. The molecule has 0 aliphatic heterocycles. The lowest BCUT2D eigenvalue weighted by molar-refractivity contribution is 0.418. The maximum absolute atomic E-state index is 11.9. The maximum atomic E-state index is 11.9. The molecule has 0 fully saturated rings. The van der Waals surface area contributed by atoms with E-state index in [0.717, 1.165) is 6.08 Å². The van der Waals surface area contributed by atoms with Crippen LogP contribution in [-0.2, 0) is 0 Å². The Morgan fingerprint density at radius 1 is 1.16 bits per heavy atom. The summed E-state index contributed by atoms with van der Waals surface area (Å²) in [5.41, 5.74) is 1.32. The fraction of sp³-hybridized carbons (Fsp3) is 0.167. The molecule has 0 bridgehead atoms. The van der Waals surface area contributed by atoms with E-state index in [1.165, 1.54) is 11.8 Å². The molecule has 98 valence electrons. The molecule has 0 aliphatic carbocycles. The molecule has 0 aromatic carbocycles. The molecule has 19 heavy (non-hydrogen) atoms. The van der Waals surface area contributed by atoms with E-state index in [1.807, 2.05) is 0 Å². The molecule has 2 aromatic heterocycles. The van der Waals surface area contributed by atoms with Gasteiger partial charge in [0.2, 0.25) is 0 Å². The van der Waals surface area contributed by atoms with E-state index in [0.29, 0.717) is 22.3 Å². The number of thioether (sulfide) groups is 1. The first-order valence-electron chi connectivity index (χ1n) is 5.49. The van der Waals surface area contributed by atoms with Crippen LogP contribution in [0.2, 0.25) is 0 Å². The van der Waals surface area contributed by atoms with Crippen LogP contribution in [0, 0.1) is 0 Å². The second-order valence-corrected chi connectivity index (χ2v) is 4.51. The molecule has 2 aromatic rings. The quantitative estimate of drug-likeness (QED) is 0.478. The number of halogens is 2. The number of allylic oxidation sites excluding steroid dienone is 1. The van der Waals surface area contributed by atoms with Crippen LogP contribution in [0.1, 0.15) is 6.42 Å². The Bertz CT molecular complexity index is 559. The van der Waals surface area contributed by atoms with Crippen molar-refractivity contribution in [2.24, 2.45) is 0 Å². The summed E-state index contributed by atoms with van der Waals surface area (Å²) in [5.74, 6) is 0.501. The second kappa shape index (κ2) is 6.89. The van der Waals surface area contributed by atoms with Crippen LogP contribution < -0.4 is 0 Å². The highest BCUT2D eigenvalue weighted by Crippen LogP contribution is 2.18. The molecule has 0 unspecified atom stereocenters. The third-order valence-electron chi connectivity index (χ3n) is 2.11. The van der Waals surface area contributed by atoms with E-state index in [4.69, 9.17) is 0 Å². The third kappa shape index (κ3) is 4.36. The standard InChI is InChI=1S/C12H10F2N4S/c13-11(14)2-1-7-19-12-17-4-3-9(18-12)10-8-15-5-6-16-10/h2-6,8H,1,7H2. The van der Waals surface area contributed by atoms with Gasteiger partial charge in [-0.05, 0) is 18.6 Å². The first kappa shape index (κ1) is 13.5. The summed E-state index contributed by atoms with van der Waals surface area (Å²) in [7, 11) is 0. The van der Waals surface area contributed by atoms with Crippen molar-refractivity contribution in [2.75, 3.05) is 5.75 Å². The van der Waals surface area contributed by atoms with Crippen molar-refractivity contribution in [1.29, 1.82) is 0 Å². The first-order valence-corrected chi connectivity index (χ1v) is 6.47. The van der Waals surface area contributed by atoms with Crippen molar-refractivity contribution in [3.63, 3.8) is 0 Å². The predicted octanol–water partition coefficient (Wildman–Crippen LogP) is 3.20. The summed E-state index contributed by atoms with van der Waals surface area (Å²) in [4.78, 5) is 16.5. The molecule has 0 saturated carbocycles. The topological polar surface area (TPSA) is 51.6 Å². The van der Waals surface area contributed by atoms with Gasteiger partial charge in [0.25, 0.3) is 6.08 Å². The zero-order valence-electron chi connectivity index (χ0n) is 9.83. The van der Waals surface area contributed by atoms with Gasteiger partial charge in [-0.2, -0.15) is 8.78 Å². The Labute approximate surface area is 113 Å². The smallest absolute Gasteiger partial charge is 0.261 e. The molecular weight excluding hydrogens is 270 g/mol. The van der Waals surface area contributed by atoms with Gasteiger partial charge in [0.1, 0.15) is 5.69 Å². The average Bonchev–Trinajstić information content (AvgIpc) is 2.45. The van der Waals surface area contributed by atoms with Crippen LogP contribution in [-0.4, -0.2) is 25.7 Å². The monoisotopic (exact) mass is 280 g/mol. The van der Waals surface area contributed by atoms with Crippen LogP contribution in [0.25, 0.3) is 11.4 Å². The Hall–Kier alpha value is -1.89. The zero-order valence-corrected chi connectivity index (χ0v) is 10.6. The summed E-state index contributed by atoms with van der Waals surface area (Å²) in [6.45, 7) is 0. The number of nitrogens with zero attached hydrogens (tertiary/aromatic N) is 4. The minimum Gasteiger partial charge on any atom is -0.261 e. The maximum Gasteiger partial charge on any atom is 0.266 e. The molecule has 0 amide bonds. The Balaban J connectivity index is 2.02. The largest absolute Gasteiger partial charge is 0.266 e. The van der Waals surface area contributed by atoms with E-state index >= 15 is 0 Å². The summed E-state index contributed by atoms with van der Waals surface area (Å²) in [5, 5.41) is 0.538. The highest BCUT2D eigenvalue weighted by atomic mass is 32.2. The minimum atomic E-state index is -1.66. The van der Waals surface area contributed by atoms with Gasteiger partial charge in [0.05, 0.1) is 11.9 Å². The molecule has 0 spiro atoms. The number of rotatable bonds is 5. The lowest BCUT2D eigenvalue weighted by Gasteiger charge is -2.01. The normalized spacial score (nSPS) is 10.2. The van der Waals surface area contributed by atoms with Crippen molar-refractivity contribution in [3.05, 3.63) is 43.0 Å². The van der Waals surface area contributed by atoms with E-state index in [9.17, 15) is 8.78 Å². The summed E-state index contributed by atoms with van der Waals surface area (Å²) >= 11 is 1.32. The van der Waals surface area contributed by atoms with Gasteiger partial charge in [-0.1, -0.05) is 11.8 Å². The van der Waals surface area contributed by atoms with Crippen molar-refractivity contribution in [2.45, 2.75) is 11.6 Å². The van der Waals surface area contributed by atoms with Gasteiger partial charge in [0.15, 0.2) is 5.16 Å². The van der Waals surface area contributed by atoms with Crippen molar-refractivity contribution < 1.29 is 8.78 Å². The molecule has 4 nitrogen and oxygen atoms in total. The van der Waals surface area contributed by atoms with Gasteiger partial charge in [-0.15, -0.1) is 0 Å². The van der Waals surface area contributed by atoms with E-state index in [-0.39, 0.29) is 6.42 Å². The van der Waals surface area contributed by atoms with Crippen molar-refractivity contribution in [1.82, 2.24) is 19.9 Å². The summed E-state index contributed by atoms with van der Waals surface area (Å²) in [6, 6.07) is 1.73. The third-order valence-corrected chi connectivity index (χ3v) is 3.00. The minimum absolute atomic E-state index is 0.283. The lowest BCUT2D eigenvalue weighted by atomic mass is 10.3. The van der Waals surface area contributed by atoms with Crippen molar-refractivity contribution >= 4 is 11.8 Å². The SMILES string of the molecule is FC(F)=CCCSc1nccc(-c2cnccn2)n1. The Morgan fingerprint density at radius 2 is 2.05 bits per heavy atom. The van der Waals surface area contributed by atoms with Gasteiger partial charge in [0, 0.05) is 24.3 Å². The molecule has 2 heterocycles. The highest BCUT2D eigenvalue weighted by molar-refractivity contribution is 7.99. The van der Waals surface area contributed by atoms with Crippen LogP contribution in [0.3, 0.4) is 0 Å². The number of aromatic nitrogens is 4. The summed E-state index contributed by atoms with van der Waals surface area (Å²) < 4.78 is 23.7. The molecule has 7 heteroatoms. The van der Waals surface area contributed by atoms with Crippen LogP contribution in [0.15, 0.2) is 48.2 Å². The van der Waals surface area contributed by atoms with Crippen LogP contribution in [0.5, 0.6) is 0 Å². The van der Waals surface area contributed by atoms with E-state index in [1.54, 1.807) is 30.9 Å². The average molecular weight is 280 g/mol. The Kier molecular flexibility index (Phi) is 4.91. The fourth-order valence-electron chi connectivity index (χ4n) is 1.30. The molecule has 0 aliphatic rings. The zero-order chi connectivity index (χ0) is 13.5. The Morgan fingerprint density at radius 3 is 2.79 bits per heavy atom. The lowest BCUT2D eigenvalue weighted by Crippen LogP contribution is -1.92. The van der Waals surface area contributed by atoms with Gasteiger partial charge < -0.3 is 0 Å². The first-order chi connectivity index (χ1) is 9.25. The van der Waals surface area contributed by atoms with Gasteiger partial charge >= 0.3 is 0 Å². The predicted molar refractivity (Wildman–Crippen MR) is 68.7 cm³/mol. The molecule has 0 saturated heterocycles. The van der Waals surface area contributed by atoms with Crippen LogP contribution >= 0.6 is 11.8 Å². The number of hydrogen-bond donors (Lipinski definition) is 0. The van der Waals surface area contributed by atoms with Gasteiger partial charge in [-0.25, -0.2) is 9.97 Å². The number of hydrogen-bond acceptors (Lipinski definition) is 5. The second-order valence-electron chi connectivity index (χ2n) is 3.45. The molecule has 0 N–H and O–H groups in total.